The molecule has 2 aromatic rings. The molecular formula is C14H19F3N4. The van der Waals surface area contributed by atoms with Crippen molar-refractivity contribution in [1.29, 1.82) is 0 Å². The van der Waals surface area contributed by atoms with Crippen molar-refractivity contribution in [2.75, 3.05) is 18.5 Å². The minimum absolute atomic E-state index is 0.299. The van der Waals surface area contributed by atoms with Crippen LogP contribution in [0, 0.1) is 0 Å². The van der Waals surface area contributed by atoms with Crippen molar-refractivity contribution >= 4 is 11.5 Å². The van der Waals surface area contributed by atoms with Crippen LogP contribution in [-0.4, -0.2) is 35.2 Å². The molecule has 0 saturated carbocycles. The molecule has 0 saturated heterocycles. The van der Waals surface area contributed by atoms with Crippen molar-refractivity contribution < 1.29 is 13.2 Å². The van der Waals surface area contributed by atoms with Crippen LogP contribution in [0.3, 0.4) is 0 Å². The van der Waals surface area contributed by atoms with E-state index < -0.39 is 12.7 Å². The monoisotopic (exact) mass is 300 g/mol. The molecule has 21 heavy (non-hydrogen) atoms. The highest BCUT2D eigenvalue weighted by Crippen LogP contribution is 2.27. The summed E-state index contributed by atoms with van der Waals surface area (Å²) in [7, 11) is 1.76. The zero-order valence-electron chi connectivity index (χ0n) is 12.3. The summed E-state index contributed by atoms with van der Waals surface area (Å²) in [5.41, 5.74) is 1.37. The summed E-state index contributed by atoms with van der Waals surface area (Å²) in [4.78, 5) is 5.68. The topological polar surface area (TPSA) is 32.6 Å². The number of hydrogen-bond donors (Lipinski definition) is 1. The van der Waals surface area contributed by atoms with Crippen LogP contribution in [0.25, 0.3) is 5.65 Å². The summed E-state index contributed by atoms with van der Waals surface area (Å²) in [5.74, 6) is 0.378. The number of anilines is 1. The highest BCUT2D eigenvalue weighted by atomic mass is 19.4. The van der Waals surface area contributed by atoms with Crippen LogP contribution < -0.4 is 10.2 Å². The zero-order valence-corrected chi connectivity index (χ0v) is 12.3. The molecule has 0 aliphatic carbocycles. The molecular weight excluding hydrogens is 281 g/mol. The Morgan fingerprint density at radius 2 is 2.05 bits per heavy atom. The van der Waals surface area contributed by atoms with Gasteiger partial charge < -0.3 is 14.6 Å². The van der Waals surface area contributed by atoms with E-state index in [2.05, 4.69) is 10.3 Å². The van der Waals surface area contributed by atoms with E-state index in [1.54, 1.807) is 27.0 Å². The quantitative estimate of drug-likeness (QED) is 0.921. The Bertz CT molecular complexity index is 604. The van der Waals surface area contributed by atoms with Gasteiger partial charge in [-0.25, -0.2) is 4.98 Å². The Kier molecular flexibility index (Phi) is 4.41. The molecule has 2 heterocycles. The average molecular weight is 300 g/mol. The first-order valence-corrected chi connectivity index (χ1v) is 6.77. The van der Waals surface area contributed by atoms with E-state index in [0.717, 1.165) is 5.69 Å². The zero-order chi connectivity index (χ0) is 15.6. The number of rotatable bonds is 5. The number of nitrogens with one attached hydrogen (secondary N) is 1. The maximum atomic E-state index is 12.8. The van der Waals surface area contributed by atoms with Crippen molar-refractivity contribution in [3.8, 4) is 0 Å². The van der Waals surface area contributed by atoms with E-state index in [1.165, 1.54) is 4.90 Å². The van der Waals surface area contributed by atoms with Crippen LogP contribution in [0.1, 0.15) is 19.5 Å². The molecule has 116 valence electrons. The van der Waals surface area contributed by atoms with Gasteiger partial charge in [-0.2, -0.15) is 13.2 Å². The number of pyridine rings is 1. The Morgan fingerprint density at radius 3 is 2.62 bits per heavy atom. The third-order valence-electron chi connectivity index (χ3n) is 3.20. The van der Waals surface area contributed by atoms with E-state index in [0.29, 0.717) is 18.0 Å². The first-order chi connectivity index (χ1) is 9.83. The van der Waals surface area contributed by atoms with Crippen LogP contribution >= 0.6 is 0 Å². The Balaban J connectivity index is 2.53. The first kappa shape index (κ1) is 15.6. The van der Waals surface area contributed by atoms with Crippen LogP contribution in [0.5, 0.6) is 0 Å². The molecule has 0 aromatic carbocycles. The van der Waals surface area contributed by atoms with E-state index in [1.807, 2.05) is 22.7 Å². The van der Waals surface area contributed by atoms with Gasteiger partial charge in [0.2, 0.25) is 0 Å². The Labute approximate surface area is 121 Å². The summed E-state index contributed by atoms with van der Waals surface area (Å²) in [5, 5.41) is 2.99. The van der Waals surface area contributed by atoms with Crippen molar-refractivity contribution in [3.05, 3.63) is 30.1 Å². The second kappa shape index (κ2) is 5.93. The van der Waals surface area contributed by atoms with Crippen LogP contribution in [-0.2, 0) is 6.54 Å². The van der Waals surface area contributed by atoms with Gasteiger partial charge >= 0.3 is 6.18 Å². The van der Waals surface area contributed by atoms with E-state index in [9.17, 15) is 13.2 Å². The maximum Gasteiger partial charge on any atom is 0.405 e. The summed E-state index contributed by atoms with van der Waals surface area (Å²) < 4.78 is 40.3. The molecule has 2 aromatic heterocycles. The molecule has 0 unspecified atom stereocenters. The molecule has 4 nitrogen and oxygen atoms in total. The number of hydrogen-bond acceptors (Lipinski definition) is 3. The molecule has 2 rings (SSSR count). The maximum absolute atomic E-state index is 12.8. The molecule has 0 fully saturated rings. The molecule has 0 bridgehead atoms. The minimum Gasteiger partial charge on any atom is -0.344 e. The molecule has 0 atom stereocenters. The van der Waals surface area contributed by atoms with Crippen LogP contribution in [0.15, 0.2) is 24.4 Å². The predicted octanol–water partition coefficient (Wildman–Crippen LogP) is 2.83. The van der Waals surface area contributed by atoms with E-state index in [-0.39, 0.29) is 6.04 Å². The fraction of sp³-hybridized carbons (Fsp3) is 0.500. The van der Waals surface area contributed by atoms with Gasteiger partial charge in [-0.3, -0.25) is 0 Å². The normalized spacial score (nSPS) is 12.3. The van der Waals surface area contributed by atoms with Crippen LogP contribution in [0.4, 0.5) is 19.0 Å². The molecule has 0 spiro atoms. The smallest absolute Gasteiger partial charge is 0.344 e. The first-order valence-electron chi connectivity index (χ1n) is 6.77. The highest BCUT2D eigenvalue weighted by molar-refractivity contribution is 5.56. The highest BCUT2D eigenvalue weighted by Gasteiger charge is 2.34. The lowest BCUT2D eigenvalue weighted by Gasteiger charge is -2.28. The van der Waals surface area contributed by atoms with Gasteiger partial charge in [-0.15, -0.1) is 0 Å². The molecule has 0 amide bonds. The SMILES string of the molecule is CNCc1c(N(CC(F)(F)F)C(C)C)nc2ccccn12. The Hall–Kier alpha value is -1.76. The van der Waals surface area contributed by atoms with Gasteiger partial charge in [-0.1, -0.05) is 6.07 Å². The lowest BCUT2D eigenvalue weighted by Crippen LogP contribution is -2.40. The standard InChI is InChI=1S/C14H19F3N4/c1-10(2)21(9-14(15,16)17)13-11(8-18-3)20-7-5-4-6-12(20)19-13/h4-7,10,18H,8-9H2,1-3H3. The second-order valence-electron chi connectivity index (χ2n) is 5.18. The summed E-state index contributed by atoms with van der Waals surface area (Å²) in [6.07, 6.45) is -2.46. The van der Waals surface area contributed by atoms with Crippen LogP contribution in [0.2, 0.25) is 0 Å². The fourth-order valence-electron chi connectivity index (χ4n) is 2.29. The van der Waals surface area contributed by atoms with Crippen molar-refractivity contribution in [3.63, 3.8) is 0 Å². The lowest BCUT2D eigenvalue weighted by atomic mass is 10.2. The summed E-state index contributed by atoms with van der Waals surface area (Å²) >= 11 is 0. The molecule has 0 aliphatic heterocycles. The van der Waals surface area contributed by atoms with Gasteiger partial charge in [0.1, 0.15) is 12.2 Å². The van der Waals surface area contributed by atoms with Gasteiger partial charge in [0.05, 0.1) is 5.69 Å². The van der Waals surface area contributed by atoms with Gasteiger partial charge in [0.15, 0.2) is 5.82 Å². The predicted molar refractivity (Wildman–Crippen MR) is 76.5 cm³/mol. The number of imidazole rings is 1. The molecule has 1 N–H and O–H groups in total. The molecule has 7 heteroatoms. The number of halogens is 3. The second-order valence-corrected chi connectivity index (χ2v) is 5.18. The van der Waals surface area contributed by atoms with Gasteiger partial charge in [-0.05, 0) is 33.0 Å². The van der Waals surface area contributed by atoms with E-state index >= 15 is 0 Å². The number of alkyl halides is 3. The van der Waals surface area contributed by atoms with Gasteiger partial charge in [0.25, 0.3) is 0 Å². The number of aromatic nitrogens is 2. The average Bonchev–Trinajstić information content (AvgIpc) is 2.74. The summed E-state index contributed by atoms with van der Waals surface area (Å²) in [6, 6.07) is 5.14. The number of fused-ring (bicyclic) bond motifs is 1. The van der Waals surface area contributed by atoms with Crippen molar-refractivity contribution in [2.24, 2.45) is 0 Å². The minimum atomic E-state index is -4.27. The van der Waals surface area contributed by atoms with Gasteiger partial charge in [0, 0.05) is 18.8 Å². The molecule has 0 radical (unpaired) electrons. The summed E-state index contributed by atoms with van der Waals surface area (Å²) in [6.45, 7) is 2.91. The van der Waals surface area contributed by atoms with Crippen molar-refractivity contribution in [1.82, 2.24) is 14.7 Å². The largest absolute Gasteiger partial charge is 0.405 e. The van der Waals surface area contributed by atoms with E-state index in [4.69, 9.17) is 0 Å². The third-order valence-corrected chi connectivity index (χ3v) is 3.20. The Morgan fingerprint density at radius 1 is 1.33 bits per heavy atom. The molecule has 0 aliphatic rings. The fourth-order valence-corrected chi connectivity index (χ4v) is 2.29. The van der Waals surface area contributed by atoms with Crippen molar-refractivity contribution in [2.45, 2.75) is 32.6 Å². The third kappa shape index (κ3) is 3.47. The number of nitrogens with zero attached hydrogens (tertiary/aromatic N) is 3. The lowest BCUT2D eigenvalue weighted by molar-refractivity contribution is -0.120.